The first-order chi connectivity index (χ1) is 17.3. The van der Waals surface area contributed by atoms with Crippen molar-refractivity contribution in [1.29, 1.82) is 0 Å². The molecule has 5 atom stereocenters. The minimum Gasteiger partial charge on any atom is -0.374 e. The Hall–Kier alpha value is -1.81. The largest absolute Gasteiger partial charge is 0.374 e. The molecule has 1 fully saturated rings. The van der Waals surface area contributed by atoms with E-state index in [1.165, 1.54) is 0 Å². The lowest BCUT2D eigenvalue weighted by Gasteiger charge is -2.45. The topological polar surface area (TPSA) is 46.2 Å². The molecule has 0 aromatic heterocycles. The average Bonchev–Trinajstić information content (AvgIpc) is 2.92. The van der Waals surface area contributed by atoms with Crippen LogP contribution in [0.2, 0.25) is 0 Å². The lowest BCUT2D eigenvalue weighted by atomic mass is 9.91. The van der Waals surface area contributed by atoms with Crippen LogP contribution in [0.3, 0.4) is 0 Å². The molecule has 0 spiro atoms. The molecule has 5 nitrogen and oxygen atoms in total. The second kappa shape index (κ2) is 14.1. The molecule has 1 heterocycles. The number of alkyl halides is 1. The van der Waals surface area contributed by atoms with Crippen molar-refractivity contribution in [3.8, 4) is 0 Å². The van der Waals surface area contributed by atoms with Crippen molar-refractivity contribution in [1.82, 2.24) is 0 Å². The smallest absolute Gasteiger partial charge is 0.163 e. The molecule has 0 radical (unpaired) electrons. The maximum Gasteiger partial charge on any atom is 0.163 e. The Balaban J connectivity index is 1.51. The molecule has 0 saturated carbocycles. The molecule has 35 heavy (non-hydrogen) atoms. The summed E-state index contributed by atoms with van der Waals surface area (Å²) in [5.41, 5.74) is 3.35. The van der Waals surface area contributed by atoms with Crippen molar-refractivity contribution in [3.05, 3.63) is 108 Å². The van der Waals surface area contributed by atoms with Gasteiger partial charge in [0.1, 0.15) is 12.2 Å². The van der Waals surface area contributed by atoms with E-state index in [0.717, 1.165) is 21.1 Å². The van der Waals surface area contributed by atoms with Gasteiger partial charge in [-0.1, -0.05) is 114 Å². The maximum absolute atomic E-state index is 6.56. The quantitative estimate of drug-likeness (QED) is 0.198. The summed E-state index contributed by atoms with van der Waals surface area (Å²) in [5.74, 6) is 0.0236. The van der Waals surface area contributed by atoms with E-state index in [2.05, 4.69) is 59.0 Å². The Kier molecular flexibility index (Phi) is 10.6. The number of hydrogen-bond donors (Lipinski definition) is 0. The predicted molar refractivity (Wildman–Crippen MR) is 144 cm³/mol. The van der Waals surface area contributed by atoms with Crippen molar-refractivity contribution in [2.45, 2.75) is 44.4 Å². The summed E-state index contributed by atoms with van der Waals surface area (Å²) in [4.78, 5) is 0. The second-order valence-electron chi connectivity index (χ2n) is 8.62. The number of ether oxygens (including phenoxy) is 5. The van der Waals surface area contributed by atoms with Crippen molar-refractivity contribution < 1.29 is 23.7 Å². The molecule has 0 unspecified atom stereocenters. The third-order valence-corrected chi connectivity index (χ3v) is 7.16. The number of benzene rings is 3. The molecule has 0 aliphatic carbocycles. The molecule has 3 aromatic rings. The van der Waals surface area contributed by atoms with Crippen LogP contribution in [0.15, 0.2) is 91.0 Å². The van der Waals surface area contributed by atoms with Crippen LogP contribution in [0.5, 0.6) is 0 Å². The first-order valence-electron chi connectivity index (χ1n) is 12.0. The summed E-state index contributed by atoms with van der Waals surface area (Å²) >= 11 is 2.38. The van der Waals surface area contributed by atoms with E-state index in [4.69, 9.17) is 23.7 Å². The van der Waals surface area contributed by atoms with Gasteiger partial charge in [0.05, 0.1) is 32.5 Å². The summed E-state index contributed by atoms with van der Waals surface area (Å²) in [5, 5.41) is 0. The lowest BCUT2D eigenvalue weighted by Crippen LogP contribution is -2.58. The minimum absolute atomic E-state index is 0.0236. The molecule has 0 bridgehead atoms. The van der Waals surface area contributed by atoms with Gasteiger partial charge in [0.15, 0.2) is 6.29 Å². The van der Waals surface area contributed by atoms with Crippen LogP contribution >= 0.6 is 22.6 Å². The Morgan fingerprint density at radius 1 is 0.686 bits per heavy atom. The highest BCUT2D eigenvalue weighted by Crippen LogP contribution is 2.34. The van der Waals surface area contributed by atoms with Crippen LogP contribution in [0.1, 0.15) is 16.7 Å². The van der Waals surface area contributed by atoms with E-state index in [1.807, 2.05) is 54.6 Å². The SMILES string of the molecule is CO[C@@H]1O[C@H](COCc2ccccc2)[C@@H](OCc2ccccc2)[C@H](OCc2ccccc2)[C@H]1CI. The van der Waals surface area contributed by atoms with Gasteiger partial charge in [-0.2, -0.15) is 0 Å². The first-order valence-corrected chi connectivity index (χ1v) is 13.5. The zero-order chi connectivity index (χ0) is 24.3. The van der Waals surface area contributed by atoms with Crippen LogP contribution in [0.4, 0.5) is 0 Å². The third-order valence-electron chi connectivity index (χ3n) is 6.15. The van der Waals surface area contributed by atoms with Crippen LogP contribution < -0.4 is 0 Å². The van der Waals surface area contributed by atoms with E-state index < -0.39 is 6.29 Å². The summed E-state index contributed by atoms with van der Waals surface area (Å²) in [6.45, 7) is 1.86. The first kappa shape index (κ1) is 26.3. The molecule has 1 saturated heterocycles. The van der Waals surface area contributed by atoms with E-state index >= 15 is 0 Å². The maximum atomic E-state index is 6.56. The van der Waals surface area contributed by atoms with E-state index in [9.17, 15) is 0 Å². The van der Waals surface area contributed by atoms with Crippen LogP contribution in [0.25, 0.3) is 0 Å². The minimum atomic E-state index is -0.394. The molecular weight excluding hydrogens is 555 g/mol. The molecule has 1 aliphatic heterocycles. The number of halogens is 1. The normalized spacial score (nSPS) is 24.3. The fourth-order valence-corrected chi connectivity index (χ4v) is 5.22. The highest BCUT2D eigenvalue weighted by atomic mass is 127. The Labute approximate surface area is 221 Å². The fourth-order valence-electron chi connectivity index (χ4n) is 4.31. The summed E-state index contributed by atoms with van der Waals surface area (Å²) < 4.78 is 32.2. The molecular formula is C29H33IO5. The van der Waals surface area contributed by atoms with Gasteiger partial charge >= 0.3 is 0 Å². The average molecular weight is 588 g/mol. The van der Waals surface area contributed by atoms with Gasteiger partial charge in [-0.25, -0.2) is 0 Å². The molecule has 0 amide bonds. The Morgan fingerprint density at radius 3 is 1.66 bits per heavy atom. The van der Waals surface area contributed by atoms with Gasteiger partial charge in [0, 0.05) is 17.5 Å². The van der Waals surface area contributed by atoms with Crippen LogP contribution in [0, 0.1) is 5.92 Å². The van der Waals surface area contributed by atoms with Crippen molar-refractivity contribution in [3.63, 3.8) is 0 Å². The zero-order valence-corrected chi connectivity index (χ0v) is 22.2. The lowest BCUT2D eigenvalue weighted by molar-refractivity contribution is -0.294. The molecule has 186 valence electrons. The van der Waals surface area contributed by atoms with Crippen molar-refractivity contribution in [2.24, 2.45) is 5.92 Å². The van der Waals surface area contributed by atoms with E-state index in [-0.39, 0.29) is 24.2 Å². The number of rotatable bonds is 12. The Morgan fingerprint density at radius 2 is 1.17 bits per heavy atom. The number of hydrogen-bond acceptors (Lipinski definition) is 5. The summed E-state index contributed by atoms with van der Waals surface area (Å²) in [6.07, 6.45) is -1.23. The molecule has 4 rings (SSSR count). The third kappa shape index (κ3) is 7.59. The highest BCUT2D eigenvalue weighted by molar-refractivity contribution is 14.1. The summed E-state index contributed by atoms with van der Waals surface area (Å²) in [7, 11) is 1.69. The molecule has 3 aromatic carbocycles. The van der Waals surface area contributed by atoms with Gasteiger partial charge in [-0.05, 0) is 16.7 Å². The van der Waals surface area contributed by atoms with Crippen LogP contribution in [-0.2, 0) is 43.5 Å². The van der Waals surface area contributed by atoms with E-state index in [0.29, 0.717) is 26.4 Å². The standard InChI is InChI=1S/C29H33IO5/c1-31-29-25(17-30)27(33-19-23-13-7-3-8-14-23)28(34-20-24-15-9-4-10-16-24)26(35-29)21-32-18-22-11-5-2-6-12-22/h2-16,25-29H,17-21H2,1H3/t25-,26-,27-,28-,29-/m1/s1. The molecule has 1 aliphatic rings. The van der Waals surface area contributed by atoms with Crippen molar-refractivity contribution >= 4 is 22.6 Å². The predicted octanol–water partition coefficient (Wildman–Crippen LogP) is 5.80. The van der Waals surface area contributed by atoms with E-state index in [1.54, 1.807) is 7.11 Å². The Bertz CT molecular complexity index is 972. The highest BCUT2D eigenvalue weighted by Gasteiger charge is 2.47. The van der Waals surface area contributed by atoms with Gasteiger partial charge in [-0.3, -0.25) is 0 Å². The fraction of sp³-hybridized carbons (Fsp3) is 0.379. The second-order valence-corrected chi connectivity index (χ2v) is 9.50. The molecule has 0 N–H and O–H groups in total. The monoisotopic (exact) mass is 588 g/mol. The van der Waals surface area contributed by atoms with Crippen molar-refractivity contribution in [2.75, 3.05) is 18.1 Å². The zero-order valence-electron chi connectivity index (χ0n) is 20.0. The van der Waals surface area contributed by atoms with Gasteiger partial charge in [0.25, 0.3) is 0 Å². The number of methoxy groups -OCH3 is 1. The van der Waals surface area contributed by atoms with Gasteiger partial charge in [-0.15, -0.1) is 0 Å². The summed E-state index contributed by atoms with van der Waals surface area (Å²) in [6, 6.07) is 30.6. The van der Waals surface area contributed by atoms with Gasteiger partial charge < -0.3 is 23.7 Å². The van der Waals surface area contributed by atoms with Gasteiger partial charge in [0.2, 0.25) is 0 Å². The molecule has 6 heteroatoms. The van der Waals surface area contributed by atoms with Crippen LogP contribution in [-0.4, -0.2) is 42.7 Å².